The highest BCUT2D eigenvalue weighted by Crippen LogP contribution is 2.21. The fourth-order valence-corrected chi connectivity index (χ4v) is 4.83. The van der Waals surface area contributed by atoms with Crippen LogP contribution in [0.5, 0.6) is 0 Å². The number of carbonyl (C=O) groups is 1. The number of pyridine rings is 1. The van der Waals surface area contributed by atoms with Gasteiger partial charge in [-0.2, -0.15) is 0 Å². The van der Waals surface area contributed by atoms with E-state index in [9.17, 15) is 4.79 Å². The first-order chi connectivity index (χ1) is 10.1. The molecule has 6 heteroatoms. The Kier molecular flexibility index (Phi) is 7.74. The van der Waals surface area contributed by atoms with Crippen molar-refractivity contribution in [1.82, 2.24) is 4.98 Å². The number of nitrogens with zero attached hydrogens (tertiary/aromatic N) is 1. The molecule has 0 amide bonds. The summed E-state index contributed by atoms with van der Waals surface area (Å²) in [5, 5.41) is 0. The van der Waals surface area contributed by atoms with Gasteiger partial charge in [-0.1, -0.05) is 0 Å². The SMILES string of the molecule is CCO[Si](CCc1ccncc1C(C)=O)(OCC)OCC. The number of carbonyl (C=O) groups excluding carboxylic acids is 1. The van der Waals surface area contributed by atoms with Crippen molar-refractivity contribution in [3.8, 4) is 0 Å². The summed E-state index contributed by atoms with van der Waals surface area (Å²) in [4.78, 5) is 15.7. The largest absolute Gasteiger partial charge is 0.501 e. The lowest BCUT2D eigenvalue weighted by Crippen LogP contribution is -2.46. The third-order valence-corrected chi connectivity index (χ3v) is 6.13. The predicted octanol–water partition coefficient (Wildman–Crippen LogP) is 2.88. The van der Waals surface area contributed by atoms with E-state index in [-0.39, 0.29) is 5.78 Å². The molecule has 0 atom stereocenters. The van der Waals surface area contributed by atoms with Crippen LogP contribution in [0.15, 0.2) is 18.5 Å². The molecule has 1 aromatic heterocycles. The van der Waals surface area contributed by atoms with Gasteiger partial charge in [-0.25, -0.2) is 0 Å². The molecule has 0 saturated carbocycles. The lowest BCUT2D eigenvalue weighted by molar-refractivity contribution is 0.0713. The van der Waals surface area contributed by atoms with Crippen molar-refractivity contribution in [2.75, 3.05) is 19.8 Å². The first kappa shape index (κ1) is 18.0. The van der Waals surface area contributed by atoms with Gasteiger partial charge in [-0.15, -0.1) is 0 Å². The second kappa shape index (κ2) is 9.04. The van der Waals surface area contributed by atoms with Gasteiger partial charge in [0.15, 0.2) is 5.78 Å². The highest BCUT2D eigenvalue weighted by molar-refractivity contribution is 6.60. The number of aryl methyl sites for hydroxylation is 1. The van der Waals surface area contributed by atoms with Crippen molar-refractivity contribution in [2.24, 2.45) is 0 Å². The number of hydrogen-bond acceptors (Lipinski definition) is 5. The maximum atomic E-state index is 11.6. The lowest BCUT2D eigenvalue weighted by atomic mass is 10.1. The van der Waals surface area contributed by atoms with Crippen molar-refractivity contribution in [1.29, 1.82) is 0 Å². The standard InChI is InChI=1S/C15H25NO4Si/c1-5-18-21(19-6-2,20-7-3)11-9-14-8-10-16-12-15(14)13(4)17/h8,10,12H,5-7,9,11H2,1-4H3. The smallest absolute Gasteiger partial charge is 0.374 e. The van der Waals surface area contributed by atoms with E-state index in [0.29, 0.717) is 37.8 Å². The van der Waals surface area contributed by atoms with Crippen LogP contribution >= 0.6 is 0 Å². The lowest BCUT2D eigenvalue weighted by Gasteiger charge is -2.28. The molecule has 0 spiro atoms. The summed E-state index contributed by atoms with van der Waals surface area (Å²) in [7, 11) is -2.67. The minimum Gasteiger partial charge on any atom is -0.374 e. The third kappa shape index (κ3) is 5.31. The Labute approximate surface area is 128 Å². The van der Waals surface area contributed by atoms with E-state index in [2.05, 4.69) is 4.98 Å². The summed E-state index contributed by atoms with van der Waals surface area (Å²) < 4.78 is 17.5. The molecule has 5 nitrogen and oxygen atoms in total. The van der Waals surface area contributed by atoms with Gasteiger partial charge in [-0.05, 0) is 45.7 Å². The maximum Gasteiger partial charge on any atom is 0.501 e. The van der Waals surface area contributed by atoms with Crippen LogP contribution in [0.25, 0.3) is 0 Å². The molecule has 0 saturated heterocycles. The number of hydrogen-bond donors (Lipinski definition) is 0. The second-order valence-corrected chi connectivity index (χ2v) is 7.30. The average Bonchev–Trinajstić information content (AvgIpc) is 2.46. The molecule has 0 aliphatic heterocycles. The minimum atomic E-state index is -2.67. The van der Waals surface area contributed by atoms with Gasteiger partial charge < -0.3 is 13.3 Å². The summed E-state index contributed by atoms with van der Waals surface area (Å²) >= 11 is 0. The molecule has 1 rings (SSSR count). The number of aromatic nitrogens is 1. The molecule has 0 aliphatic rings. The fraction of sp³-hybridized carbons (Fsp3) is 0.600. The number of Topliss-reactive ketones (excluding diaryl/α,β-unsaturated/α-hetero) is 1. The van der Waals surface area contributed by atoms with E-state index in [0.717, 1.165) is 5.56 Å². The Morgan fingerprint density at radius 1 is 1.14 bits per heavy atom. The second-order valence-electron chi connectivity index (χ2n) is 4.57. The van der Waals surface area contributed by atoms with Crippen LogP contribution in [-0.4, -0.2) is 39.4 Å². The van der Waals surface area contributed by atoms with E-state index in [1.54, 1.807) is 19.3 Å². The Morgan fingerprint density at radius 3 is 2.19 bits per heavy atom. The minimum absolute atomic E-state index is 0.0228. The van der Waals surface area contributed by atoms with E-state index in [1.807, 2.05) is 26.8 Å². The van der Waals surface area contributed by atoms with Gasteiger partial charge in [-0.3, -0.25) is 9.78 Å². The third-order valence-electron chi connectivity index (χ3n) is 3.08. The first-order valence-corrected chi connectivity index (χ1v) is 9.37. The van der Waals surface area contributed by atoms with Gasteiger partial charge in [0.05, 0.1) is 0 Å². The predicted molar refractivity (Wildman–Crippen MR) is 83.4 cm³/mol. The Bertz CT molecular complexity index is 436. The van der Waals surface area contributed by atoms with Gasteiger partial charge in [0.2, 0.25) is 0 Å². The van der Waals surface area contributed by atoms with Crippen molar-refractivity contribution in [3.63, 3.8) is 0 Å². The monoisotopic (exact) mass is 311 g/mol. The average molecular weight is 311 g/mol. The van der Waals surface area contributed by atoms with Gasteiger partial charge in [0.25, 0.3) is 0 Å². The molecule has 0 aliphatic carbocycles. The highest BCUT2D eigenvalue weighted by Gasteiger charge is 2.40. The normalized spacial score (nSPS) is 11.6. The summed E-state index contributed by atoms with van der Waals surface area (Å²) in [6.45, 7) is 9.04. The van der Waals surface area contributed by atoms with Crippen molar-refractivity contribution < 1.29 is 18.1 Å². The molecule has 21 heavy (non-hydrogen) atoms. The molecule has 0 fully saturated rings. The maximum absolute atomic E-state index is 11.6. The highest BCUT2D eigenvalue weighted by atomic mass is 28.4. The van der Waals surface area contributed by atoms with Crippen LogP contribution in [0.4, 0.5) is 0 Å². The molecule has 0 aromatic carbocycles. The summed E-state index contributed by atoms with van der Waals surface area (Å²) in [5.41, 5.74) is 1.62. The molecular formula is C15H25NO4Si. The van der Waals surface area contributed by atoms with Crippen molar-refractivity contribution in [2.45, 2.75) is 40.2 Å². The van der Waals surface area contributed by atoms with Gasteiger partial charge in [0, 0.05) is 43.8 Å². The van der Waals surface area contributed by atoms with Crippen LogP contribution in [0.1, 0.15) is 43.6 Å². The molecule has 0 unspecified atom stereocenters. The van der Waals surface area contributed by atoms with Gasteiger partial charge >= 0.3 is 8.80 Å². The van der Waals surface area contributed by atoms with Gasteiger partial charge in [0.1, 0.15) is 0 Å². The summed E-state index contributed by atoms with van der Waals surface area (Å²) in [5.74, 6) is 0.0228. The summed E-state index contributed by atoms with van der Waals surface area (Å²) in [6.07, 6.45) is 4.00. The Hall–Kier alpha value is -1.08. The Morgan fingerprint density at radius 2 is 1.71 bits per heavy atom. The molecule has 0 radical (unpaired) electrons. The van der Waals surface area contributed by atoms with E-state index in [4.69, 9.17) is 13.3 Å². The first-order valence-electron chi connectivity index (χ1n) is 7.44. The van der Waals surface area contributed by atoms with E-state index in [1.165, 1.54) is 0 Å². The topological polar surface area (TPSA) is 57.7 Å². The van der Waals surface area contributed by atoms with E-state index < -0.39 is 8.80 Å². The van der Waals surface area contributed by atoms with Crippen molar-refractivity contribution in [3.05, 3.63) is 29.6 Å². The molecule has 0 N–H and O–H groups in total. The zero-order valence-electron chi connectivity index (χ0n) is 13.3. The molecular weight excluding hydrogens is 286 g/mol. The van der Waals surface area contributed by atoms with E-state index >= 15 is 0 Å². The van der Waals surface area contributed by atoms with Crippen LogP contribution < -0.4 is 0 Å². The van der Waals surface area contributed by atoms with Crippen LogP contribution in [0, 0.1) is 0 Å². The zero-order valence-corrected chi connectivity index (χ0v) is 14.3. The number of rotatable bonds is 10. The molecule has 1 aromatic rings. The molecule has 1 heterocycles. The molecule has 0 bridgehead atoms. The summed E-state index contributed by atoms with van der Waals surface area (Å²) in [6, 6.07) is 2.53. The zero-order chi connectivity index (χ0) is 15.7. The van der Waals surface area contributed by atoms with Crippen LogP contribution in [0.2, 0.25) is 6.04 Å². The number of ketones is 1. The molecule has 118 valence electrons. The fourth-order valence-electron chi connectivity index (χ4n) is 2.25. The Balaban J connectivity index is 2.87. The van der Waals surface area contributed by atoms with Crippen LogP contribution in [-0.2, 0) is 19.7 Å². The van der Waals surface area contributed by atoms with Crippen molar-refractivity contribution >= 4 is 14.6 Å². The van der Waals surface area contributed by atoms with Crippen LogP contribution in [0.3, 0.4) is 0 Å². The quantitative estimate of drug-likeness (QED) is 0.491.